The molecule has 3 rings (SSSR count). The van der Waals surface area contributed by atoms with Crippen molar-refractivity contribution in [3.63, 3.8) is 0 Å². The van der Waals surface area contributed by atoms with E-state index in [-0.39, 0.29) is 6.03 Å². The maximum absolute atomic E-state index is 11.7. The zero-order valence-electron chi connectivity index (χ0n) is 16.3. The topological polar surface area (TPSA) is 44.4 Å². The molecule has 27 heavy (non-hydrogen) atoms. The second-order valence-corrected chi connectivity index (χ2v) is 9.08. The zero-order valence-corrected chi connectivity index (χ0v) is 17.8. The second kappa shape index (κ2) is 9.49. The first-order chi connectivity index (χ1) is 13.0. The van der Waals surface area contributed by atoms with E-state index >= 15 is 0 Å². The van der Waals surface area contributed by atoms with Gasteiger partial charge < -0.3 is 15.5 Å². The maximum atomic E-state index is 11.7. The van der Waals surface area contributed by atoms with Crippen LogP contribution >= 0.6 is 23.2 Å². The van der Waals surface area contributed by atoms with Crippen molar-refractivity contribution in [2.45, 2.75) is 50.5 Å². The van der Waals surface area contributed by atoms with Crippen molar-refractivity contribution in [2.75, 3.05) is 27.2 Å². The number of nitrogens with zero attached hydrogens (tertiary/aromatic N) is 1. The summed E-state index contributed by atoms with van der Waals surface area (Å²) >= 11 is 12.5. The van der Waals surface area contributed by atoms with Gasteiger partial charge in [0.1, 0.15) is 0 Å². The SMILES string of the molecule is CN(C)C(=O)NC1CCC(CCNCC2CC2c2cccc(Cl)c2Cl)CC1. The number of halogens is 2. The number of urea groups is 1. The van der Waals surface area contributed by atoms with Crippen LogP contribution in [0.3, 0.4) is 0 Å². The Kier molecular flexibility index (Phi) is 7.29. The van der Waals surface area contributed by atoms with Crippen LogP contribution in [0.2, 0.25) is 10.0 Å². The Labute approximate surface area is 173 Å². The highest BCUT2D eigenvalue weighted by Crippen LogP contribution is 2.50. The van der Waals surface area contributed by atoms with Gasteiger partial charge in [0.05, 0.1) is 10.0 Å². The molecule has 0 aliphatic heterocycles. The maximum Gasteiger partial charge on any atom is 0.317 e. The number of rotatable bonds is 7. The Morgan fingerprint density at radius 2 is 1.93 bits per heavy atom. The number of carbonyl (C=O) groups excluding carboxylic acids is 1. The molecule has 2 atom stereocenters. The Balaban J connectivity index is 1.29. The van der Waals surface area contributed by atoms with Gasteiger partial charge in [-0.15, -0.1) is 0 Å². The average molecular weight is 412 g/mol. The molecular formula is C21H31Cl2N3O. The third-order valence-corrected chi connectivity index (χ3v) is 6.85. The Morgan fingerprint density at radius 1 is 1.19 bits per heavy atom. The van der Waals surface area contributed by atoms with Crippen molar-refractivity contribution in [3.8, 4) is 0 Å². The van der Waals surface area contributed by atoms with E-state index in [1.165, 1.54) is 31.2 Å². The molecule has 0 saturated heterocycles. The molecule has 2 saturated carbocycles. The zero-order chi connectivity index (χ0) is 19.4. The van der Waals surface area contributed by atoms with Gasteiger partial charge in [0.2, 0.25) is 0 Å². The molecule has 2 aliphatic rings. The predicted octanol–water partition coefficient (Wildman–Crippen LogP) is 4.91. The van der Waals surface area contributed by atoms with Crippen LogP contribution in [0, 0.1) is 11.8 Å². The molecule has 2 aliphatic carbocycles. The van der Waals surface area contributed by atoms with Crippen molar-refractivity contribution in [2.24, 2.45) is 11.8 Å². The molecule has 6 heteroatoms. The summed E-state index contributed by atoms with van der Waals surface area (Å²) in [6.45, 7) is 2.13. The molecule has 1 aromatic carbocycles. The van der Waals surface area contributed by atoms with Crippen molar-refractivity contribution in [3.05, 3.63) is 33.8 Å². The van der Waals surface area contributed by atoms with E-state index < -0.39 is 0 Å². The highest BCUT2D eigenvalue weighted by Gasteiger charge is 2.39. The predicted molar refractivity (Wildman–Crippen MR) is 113 cm³/mol. The number of amides is 2. The highest BCUT2D eigenvalue weighted by atomic mass is 35.5. The minimum atomic E-state index is 0.0268. The van der Waals surface area contributed by atoms with E-state index in [1.54, 1.807) is 19.0 Å². The van der Waals surface area contributed by atoms with Gasteiger partial charge in [-0.2, -0.15) is 0 Å². The number of hydrogen-bond acceptors (Lipinski definition) is 2. The van der Waals surface area contributed by atoms with E-state index in [9.17, 15) is 4.79 Å². The number of carbonyl (C=O) groups is 1. The van der Waals surface area contributed by atoms with Gasteiger partial charge in [-0.05, 0) is 81.0 Å². The first kappa shape index (κ1) is 20.8. The molecule has 0 radical (unpaired) electrons. The average Bonchev–Trinajstić information content (AvgIpc) is 3.41. The van der Waals surface area contributed by atoms with E-state index in [0.717, 1.165) is 36.9 Å². The van der Waals surface area contributed by atoms with Gasteiger partial charge in [-0.3, -0.25) is 0 Å². The van der Waals surface area contributed by atoms with Crippen LogP contribution in [-0.2, 0) is 0 Å². The van der Waals surface area contributed by atoms with Crippen LogP contribution in [0.25, 0.3) is 0 Å². The van der Waals surface area contributed by atoms with Crippen LogP contribution in [0.15, 0.2) is 18.2 Å². The molecule has 1 aromatic rings. The summed E-state index contributed by atoms with van der Waals surface area (Å²) in [6, 6.07) is 6.32. The molecule has 2 N–H and O–H groups in total. The summed E-state index contributed by atoms with van der Waals surface area (Å²) in [5.74, 6) is 2.01. The first-order valence-corrected chi connectivity index (χ1v) is 10.8. The summed E-state index contributed by atoms with van der Waals surface area (Å²) in [7, 11) is 3.58. The summed E-state index contributed by atoms with van der Waals surface area (Å²) in [4.78, 5) is 13.3. The van der Waals surface area contributed by atoms with Gasteiger partial charge in [0, 0.05) is 20.1 Å². The van der Waals surface area contributed by atoms with E-state index in [0.29, 0.717) is 22.9 Å². The molecule has 2 unspecified atom stereocenters. The van der Waals surface area contributed by atoms with Gasteiger partial charge >= 0.3 is 6.03 Å². The molecule has 150 valence electrons. The highest BCUT2D eigenvalue weighted by molar-refractivity contribution is 6.42. The van der Waals surface area contributed by atoms with Gasteiger partial charge in [-0.1, -0.05) is 35.3 Å². The number of benzene rings is 1. The summed E-state index contributed by atoms with van der Waals surface area (Å²) < 4.78 is 0. The van der Waals surface area contributed by atoms with Crippen LogP contribution in [0.1, 0.15) is 50.0 Å². The molecule has 0 bridgehead atoms. The van der Waals surface area contributed by atoms with Gasteiger partial charge in [0.25, 0.3) is 0 Å². The summed E-state index contributed by atoms with van der Waals surface area (Å²) in [6.07, 6.45) is 7.05. The molecule has 2 fully saturated rings. The van der Waals surface area contributed by atoms with E-state index in [4.69, 9.17) is 23.2 Å². The normalized spacial score (nSPS) is 27.3. The minimum absolute atomic E-state index is 0.0268. The minimum Gasteiger partial charge on any atom is -0.335 e. The quantitative estimate of drug-likeness (QED) is 0.626. The monoisotopic (exact) mass is 411 g/mol. The van der Waals surface area contributed by atoms with Gasteiger partial charge in [-0.25, -0.2) is 4.79 Å². The fourth-order valence-electron chi connectivity index (χ4n) is 4.15. The molecular weight excluding hydrogens is 381 g/mol. The van der Waals surface area contributed by atoms with Crippen molar-refractivity contribution in [1.82, 2.24) is 15.5 Å². The molecule has 0 heterocycles. The van der Waals surface area contributed by atoms with Crippen LogP contribution in [-0.4, -0.2) is 44.2 Å². The Morgan fingerprint density at radius 3 is 2.63 bits per heavy atom. The number of hydrogen-bond donors (Lipinski definition) is 2. The molecule has 2 amide bonds. The fourth-order valence-corrected chi connectivity index (χ4v) is 4.60. The smallest absolute Gasteiger partial charge is 0.317 e. The van der Waals surface area contributed by atoms with Gasteiger partial charge in [0.15, 0.2) is 0 Å². The van der Waals surface area contributed by atoms with Crippen LogP contribution in [0.4, 0.5) is 4.79 Å². The Hall–Kier alpha value is -0.970. The third-order valence-electron chi connectivity index (χ3n) is 6.02. The van der Waals surface area contributed by atoms with E-state index in [1.807, 2.05) is 12.1 Å². The van der Waals surface area contributed by atoms with Crippen LogP contribution in [0.5, 0.6) is 0 Å². The lowest BCUT2D eigenvalue weighted by molar-refractivity contribution is 0.203. The standard InChI is InChI=1S/C21H31Cl2N3O/c1-26(2)21(27)25-16-8-6-14(7-9-16)10-11-24-13-15-12-18(15)17-4-3-5-19(22)20(17)23/h3-5,14-16,18,24H,6-13H2,1-2H3,(H,25,27). The van der Waals surface area contributed by atoms with Crippen molar-refractivity contribution in [1.29, 1.82) is 0 Å². The van der Waals surface area contributed by atoms with Crippen molar-refractivity contribution >= 4 is 29.2 Å². The lowest BCUT2D eigenvalue weighted by atomic mass is 9.84. The largest absolute Gasteiger partial charge is 0.335 e. The van der Waals surface area contributed by atoms with Crippen LogP contribution < -0.4 is 10.6 Å². The van der Waals surface area contributed by atoms with E-state index in [2.05, 4.69) is 16.7 Å². The fraction of sp³-hybridized carbons (Fsp3) is 0.667. The van der Waals surface area contributed by atoms with Crippen molar-refractivity contribution < 1.29 is 4.79 Å². The molecule has 0 aromatic heterocycles. The third kappa shape index (κ3) is 5.75. The molecule has 4 nitrogen and oxygen atoms in total. The molecule has 0 spiro atoms. The summed E-state index contributed by atoms with van der Waals surface area (Å²) in [5, 5.41) is 8.13. The Bertz CT molecular complexity index is 644. The first-order valence-electron chi connectivity index (χ1n) is 10.1. The number of nitrogens with one attached hydrogen (secondary N) is 2. The lowest BCUT2D eigenvalue weighted by Gasteiger charge is -2.30. The second-order valence-electron chi connectivity index (χ2n) is 8.30. The summed E-state index contributed by atoms with van der Waals surface area (Å²) in [5.41, 5.74) is 1.20. The lowest BCUT2D eigenvalue weighted by Crippen LogP contribution is -2.43.